The molecule has 0 saturated heterocycles. The standard InChI is InChI=1S/C17H19N3O/c1-13-8-16(21-17(13)10-18-2)12-20-11-15(9-19-20)14-6-4-3-5-7-14/h3-9,11,18H,10,12H2,1-2H3. The number of aryl methyl sites for hydroxylation is 1. The van der Waals surface area contributed by atoms with Crippen LogP contribution in [0.4, 0.5) is 0 Å². The van der Waals surface area contributed by atoms with Gasteiger partial charge in [-0.2, -0.15) is 5.10 Å². The van der Waals surface area contributed by atoms with Crippen LogP contribution in [-0.2, 0) is 13.1 Å². The highest BCUT2D eigenvalue weighted by Crippen LogP contribution is 2.19. The summed E-state index contributed by atoms with van der Waals surface area (Å²) in [5.41, 5.74) is 3.47. The van der Waals surface area contributed by atoms with Crippen LogP contribution < -0.4 is 5.32 Å². The monoisotopic (exact) mass is 281 g/mol. The van der Waals surface area contributed by atoms with Crippen molar-refractivity contribution in [2.45, 2.75) is 20.0 Å². The number of rotatable bonds is 5. The van der Waals surface area contributed by atoms with Gasteiger partial charge in [0.1, 0.15) is 11.5 Å². The molecule has 3 aromatic rings. The molecule has 0 radical (unpaired) electrons. The Balaban J connectivity index is 1.77. The summed E-state index contributed by atoms with van der Waals surface area (Å²) in [7, 11) is 1.92. The van der Waals surface area contributed by atoms with Gasteiger partial charge in [-0.3, -0.25) is 4.68 Å². The van der Waals surface area contributed by atoms with Crippen LogP contribution in [0.25, 0.3) is 11.1 Å². The minimum absolute atomic E-state index is 0.650. The zero-order valence-corrected chi connectivity index (χ0v) is 12.3. The first kappa shape index (κ1) is 13.6. The Morgan fingerprint density at radius 3 is 2.76 bits per heavy atom. The van der Waals surface area contributed by atoms with E-state index in [4.69, 9.17) is 4.42 Å². The van der Waals surface area contributed by atoms with Crippen LogP contribution >= 0.6 is 0 Å². The van der Waals surface area contributed by atoms with Gasteiger partial charge in [0.15, 0.2) is 0 Å². The Labute approximate surface area is 124 Å². The molecule has 0 spiro atoms. The van der Waals surface area contributed by atoms with Gasteiger partial charge in [-0.15, -0.1) is 0 Å². The van der Waals surface area contributed by atoms with Crippen molar-refractivity contribution in [2.24, 2.45) is 0 Å². The Morgan fingerprint density at radius 1 is 1.19 bits per heavy atom. The molecule has 0 atom stereocenters. The van der Waals surface area contributed by atoms with Gasteiger partial charge in [0.2, 0.25) is 0 Å². The number of nitrogens with one attached hydrogen (secondary N) is 1. The maximum absolute atomic E-state index is 5.85. The van der Waals surface area contributed by atoms with Gasteiger partial charge >= 0.3 is 0 Å². The van der Waals surface area contributed by atoms with Gasteiger partial charge in [0, 0.05) is 11.8 Å². The van der Waals surface area contributed by atoms with E-state index < -0.39 is 0 Å². The van der Waals surface area contributed by atoms with Crippen molar-refractivity contribution in [1.29, 1.82) is 0 Å². The van der Waals surface area contributed by atoms with Crippen molar-refractivity contribution in [3.8, 4) is 11.1 Å². The van der Waals surface area contributed by atoms with E-state index in [1.165, 1.54) is 11.1 Å². The first-order valence-electron chi connectivity index (χ1n) is 7.07. The van der Waals surface area contributed by atoms with Crippen LogP contribution in [0, 0.1) is 6.92 Å². The second kappa shape index (κ2) is 5.97. The first-order valence-corrected chi connectivity index (χ1v) is 7.07. The van der Waals surface area contributed by atoms with Crippen LogP contribution in [0.3, 0.4) is 0 Å². The molecule has 1 aromatic carbocycles. The molecule has 108 valence electrons. The fourth-order valence-corrected chi connectivity index (χ4v) is 2.39. The third kappa shape index (κ3) is 3.06. The molecule has 0 aliphatic heterocycles. The number of hydrogen-bond acceptors (Lipinski definition) is 3. The van der Waals surface area contributed by atoms with E-state index in [1.54, 1.807) is 0 Å². The van der Waals surface area contributed by atoms with Gasteiger partial charge in [-0.1, -0.05) is 30.3 Å². The van der Waals surface area contributed by atoms with Gasteiger partial charge in [0.05, 0.1) is 19.3 Å². The van der Waals surface area contributed by atoms with E-state index in [1.807, 2.05) is 42.3 Å². The minimum Gasteiger partial charge on any atom is -0.462 e. The molecule has 4 heteroatoms. The van der Waals surface area contributed by atoms with Gasteiger partial charge in [-0.25, -0.2) is 0 Å². The van der Waals surface area contributed by atoms with Crippen LogP contribution in [-0.4, -0.2) is 16.8 Å². The Kier molecular flexibility index (Phi) is 3.88. The van der Waals surface area contributed by atoms with Crippen molar-refractivity contribution >= 4 is 0 Å². The minimum atomic E-state index is 0.650. The van der Waals surface area contributed by atoms with Crippen molar-refractivity contribution in [1.82, 2.24) is 15.1 Å². The molecule has 21 heavy (non-hydrogen) atoms. The number of benzene rings is 1. The summed E-state index contributed by atoms with van der Waals surface area (Å²) < 4.78 is 7.76. The molecule has 2 heterocycles. The summed E-state index contributed by atoms with van der Waals surface area (Å²) in [4.78, 5) is 0. The molecule has 4 nitrogen and oxygen atoms in total. The maximum Gasteiger partial charge on any atom is 0.126 e. The van der Waals surface area contributed by atoms with E-state index in [9.17, 15) is 0 Å². The fraction of sp³-hybridized carbons (Fsp3) is 0.235. The van der Waals surface area contributed by atoms with E-state index in [2.05, 4.69) is 35.5 Å². The van der Waals surface area contributed by atoms with Gasteiger partial charge in [-0.05, 0) is 31.2 Å². The van der Waals surface area contributed by atoms with Gasteiger partial charge in [0.25, 0.3) is 0 Å². The summed E-state index contributed by atoms with van der Waals surface area (Å²) in [6, 6.07) is 12.3. The fourth-order valence-electron chi connectivity index (χ4n) is 2.39. The molecule has 2 aromatic heterocycles. The summed E-state index contributed by atoms with van der Waals surface area (Å²) in [6.45, 7) is 3.47. The van der Waals surface area contributed by atoms with Crippen molar-refractivity contribution in [3.63, 3.8) is 0 Å². The first-order chi connectivity index (χ1) is 10.3. The predicted molar refractivity (Wildman–Crippen MR) is 83.0 cm³/mol. The van der Waals surface area contributed by atoms with Crippen molar-refractivity contribution < 1.29 is 4.42 Å². The van der Waals surface area contributed by atoms with E-state index in [0.29, 0.717) is 6.54 Å². The predicted octanol–water partition coefficient (Wildman–Crippen LogP) is 3.22. The topological polar surface area (TPSA) is 43.0 Å². The van der Waals surface area contributed by atoms with E-state index >= 15 is 0 Å². The number of nitrogens with zero attached hydrogens (tertiary/aromatic N) is 2. The number of aromatic nitrogens is 2. The number of furan rings is 1. The highest BCUT2D eigenvalue weighted by Gasteiger charge is 2.08. The zero-order valence-electron chi connectivity index (χ0n) is 12.3. The lowest BCUT2D eigenvalue weighted by atomic mass is 10.1. The smallest absolute Gasteiger partial charge is 0.126 e. The molecule has 0 aliphatic rings. The van der Waals surface area contributed by atoms with Crippen LogP contribution in [0.5, 0.6) is 0 Å². The third-order valence-corrected chi connectivity index (χ3v) is 3.47. The largest absolute Gasteiger partial charge is 0.462 e. The second-order valence-electron chi connectivity index (χ2n) is 5.14. The lowest BCUT2D eigenvalue weighted by Crippen LogP contribution is -2.04. The zero-order chi connectivity index (χ0) is 14.7. The van der Waals surface area contributed by atoms with Crippen LogP contribution in [0.1, 0.15) is 17.1 Å². The molecular formula is C17H19N3O. The maximum atomic E-state index is 5.85. The summed E-state index contributed by atoms with van der Waals surface area (Å²) >= 11 is 0. The molecule has 0 saturated carbocycles. The van der Waals surface area contributed by atoms with Crippen molar-refractivity contribution in [2.75, 3.05) is 7.05 Å². The lowest BCUT2D eigenvalue weighted by Gasteiger charge is -1.99. The van der Waals surface area contributed by atoms with Crippen molar-refractivity contribution in [3.05, 3.63) is 65.9 Å². The molecule has 3 rings (SSSR count). The quantitative estimate of drug-likeness (QED) is 0.781. The average molecular weight is 281 g/mol. The molecule has 0 amide bonds. The number of hydrogen-bond donors (Lipinski definition) is 1. The van der Waals surface area contributed by atoms with E-state index in [0.717, 1.165) is 23.6 Å². The molecule has 0 unspecified atom stereocenters. The van der Waals surface area contributed by atoms with E-state index in [-0.39, 0.29) is 0 Å². The second-order valence-corrected chi connectivity index (χ2v) is 5.14. The van der Waals surface area contributed by atoms with Gasteiger partial charge < -0.3 is 9.73 Å². The highest BCUT2D eigenvalue weighted by molar-refractivity contribution is 5.61. The Hall–Kier alpha value is -2.33. The highest BCUT2D eigenvalue weighted by atomic mass is 16.3. The molecule has 0 aliphatic carbocycles. The SMILES string of the molecule is CNCc1oc(Cn2cc(-c3ccccc3)cn2)cc1C. The van der Waals surface area contributed by atoms with Crippen LogP contribution in [0.15, 0.2) is 53.2 Å². The Morgan fingerprint density at radius 2 is 2.00 bits per heavy atom. The average Bonchev–Trinajstić information content (AvgIpc) is 3.08. The van der Waals surface area contributed by atoms with Crippen LogP contribution in [0.2, 0.25) is 0 Å². The molecule has 1 N–H and O–H groups in total. The summed E-state index contributed by atoms with van der Waals surface area (Å²) in [5.74, 6) is 1.92. The Bertz CT molecular complexity index is 713. The molecular weight excluding hydrogens is 262 g/mol. The molecule has 0 fully saturated rings. The lowest BCUT2D eigenvalue weighted by molar-refractivity contribution is 0.435. The summed E-state index contributed by atoms with van der Waals surface area (Å²) in [6.07, 6.45) is 3.94. The summed E-state index contributed by atoms with van der Waals surface area (Å²) in [5, 5.41) is 7.53. The third-order valence-electron chi connectivity index (χ3n) is 3.47. The normalized spacial score (nSPS) is 11.0. The molecule has 0 bridgehead atoms.